The quantitative estimate of drug-likeness (QED) is 0.372. The molecule has 0 aliphatic heterocycles. The first-order valence-electron chi connectivity index (χ1n) is 11.8. The van der Waals surface area contributed by atoms with Gasteiger partial charge in [0.15, 0.2) is 0 Å². The predicted molar refractivity (Wildman–Crippen MR) is 137 cm³/mol. The average Bonchev–Trinajstić information content (AvgIpc) is 2.85. The third-order valence-corrected chi connectivity index (χ3v) is 7.64. The van der Waals surface area contributed by atoms with Gasteiger partial charge in [-0.3, -0.25) is 4.79 Å². The summed E-state index contributed by atoms with van der Waals surface area (Å²) in [5.74, 6) is 0.336. The van der Waals surface area contributed by atoms with Crippen LogP contribution in [0.4, 0.5) is 5.69 Å². The number of anilines is 1. The van der Waals surface area contributed by atoms with Gasteiger partial charge in [0.1, 0.15) is 18.4 Å². The van der Waals surface area contributed by atoms with Crippen molar-refractivity contribution in [1.82, 2.24) is 4.72 Å². The molecule has 7 nitrogen and oxygen atoms in total. The van der Waals surface area contributed by atoms with Gasteiger partial charge in [0.2, 0.25) is 15.9 Å². The van der Waals surface area contributed by atoms with Crippen LogP contribution in [0.25, 0.3) is 0 Å². The SMILES string of the molecule is NCc1cccc(NC(=O)[C@H](NS(=O)(=O)CC2CCC2)c2ccc(OCc3ccccc3)cc2)c1. The summed E-state index contributed by atoms with van der Waals surface area (Å²) in [6, 6.07) is 22.8. The number of benzene rings is 3. The number of amides is 1. The molecule has 1 fully saturated rings. The molecule has 4 N–H and O–H groups in total. The number of sulfonamides is 1. The van der Waals surface area contributed by atoms with Crippen LogP contribution in [0.5, 0.6) is 5.75 Å². The van der Waals surface area contributed by atoms with E-state index in [1.54, 1.807) is 42.5 Å². The molecule has 0 spiro atoms. The van der Waals surface area contributed by atoms with Gasteiger partial charge in [-0.05, 0) is 59.7 Å². The normalized spacial score (nSPS) is 14.7. The molecule has 0 radical (unpaired) electrons. The van der Waals surface area contributed by atoms with E-state index in [0.29, 0.717) is 30.2 Å². The second-order valence-corrected chi connectivity index (χ2v) is 10.7. The van der Waals surface area contributed by atoms with E-state index in [4.69, 9.17) is 10.5 Å². The maximum atomic E-state index is 13.3. The summed E-state index contributed by atoms with van der Waals surface area (Å²) in [6.45, 7) is 0.751. The lowest BCUT2D eigenvalue weighted by atomic mass is 9.87. The second kappa shape index (κ2) is 11.5. The van der Waals surface area contributed by atoms with Crippen LogP contribution >= 0.6 is 0 Å². The molecular weight excluding hydrogens is 462 g/mol. The highest BCUT2D eigenvalue weighted by atomic mass is 32.2. The van der Waals surface area contributed by atoms with Gasteiger partial charge in [0.05, 0.1) is 5.75 Å². The third-order valence-electron chi connectivity index (χ3n) is 6.13. The maximum absolute atomic E-state index is 13.3. The van der Waals surface area contributed by atoms with Crippen LogP contribution in [-0.4, -0.2) is 20.1 Å². The number of carbonyl (C=O) groups is 1. The molecule has 0 heterocycles. The average molecular weight is 494 g/mol. The minimum absolute atomic E-state index is 0.0255. The summed E-state index contributed by atoms with van der Waals surface area (Å²) in [7, 11) is -3.66. The molecule has 0 aromatic heterocycles. The summed E-state index contributed by atoms with van der Waals surface area (Å²) >= 11 is 0. The first-order valence-corrected chi connectivity index (χ1v) is 13.4. The Morgan fingerprint density at radius 1 is 0.971 bits per heavy atom. The van der Waals surface area contributed by atoms with Gasteiger partial charge in [-0.15, -0.1) is 0 Å². The first kappa shape index (κ1) is 24.9. The summed E-state index contributed by atoms with van der Waals surface area (Å²) in [5.41, 5.74) is 8.70. The van der Waals surface area contributed by atoms with Gasteiger partial charge in [0, 0.05) is 12.2 Å². The minimum atomic E-state index is -3.66. The van der Waals surface area contributed by atoms with Crippen molar-refractivity contribution in [3.63, 3.8) is 0 Å². The third kappa shape index (κ3) is 7.14. The zero-order valence-electron chi connectivity index (χ0n) is 19.5. The molecule has 4 rings (SSSR count). The van der Waals surface area contributed by atoms with E-state index in [0.717, 1.165) is 30.4 Å². The standard InChI is InChI=1S/C27H31N3O4S/c28-17-22-10-5-11-24(16-22)29-27(31)26(30-35(32,33)19-21-8-4-9-21)23-12-14-25(15-13-23)34-18-20-6-2-1-3-7-20/h1-3,5-7,10-16,21,26,30H,4,8-9,17-19,28H2,(H,29,31)/t26-/m1/s1. The Hall–Kier alpha value is -3.20. The Balaban J connectivity index is 1.51. The van der Waals surface area contributed by atoms with Crippen LogP contribution in [0.2, 0.25) is 0 Å². The van der Waals surface area contributed by atoms with E-state index in [1.165, 1.54) is 0 Å². The molecule has 3 aromatic carbocycles. The van der Waals surface area contributed by atoms with Crippen molar-refractivity contribution in [3.05, 3.63) is 95.6 Å². The van der Waals surface area contributed by atoms with Crippen molar-refractivity contribution in [3.8, 4) is 5.75 Å². The largest absolute Gasteiger partial charge is 0.489 e. The predicted octanol–water partition coefficient (Wildman–Crippen LogP) is 4.12. The Kier molecular flexibility index (Phi) is 8.17. The molecule has 35 heavy (non-hydrogen) atoms. The fourth-order valence-corrected chi connectivity index (χ4v) is 5.61. The highest BCUT2D eigenvalue weighted by Crippen LogP contribution is 2.28. The Bertz CT molecular complexity index is 1230. The molecule has 1 amide bonds. The Morgan fingerprint density at radius 3 is 2.34 bits per heavy atom. The van der Waals surface area contributed by atoms with Gasteiger partial charge >= 0.3 is 0 Å². The summed E-state index contributed by atoms with van der Waals surface area (Å²) in [6.07, 6.45) is 2.85. The second-order valence-electron chi connectivity index (χ2n) is 8.87. The lowest BCUT2D eigenvalue weighted by Gasteiger charge is -2.26. The van der Waals surface area contributed by atoms with Gasteiger partial charge in [-0.2, -0.15) is 4.72 Å². The Morgan fingerprint density at radius 2 is 1.69 bits per heavy atom. The van der Waals surface area contributed by atoms with E-state index < -0.39 is 22.0 Å². The fourth-order valence-electron chi connectivity index (χ4n) is 3.96. The molecular formula is C27H31N3O4S. The molecule has 0 bridgehead atoms. The molecule has 0 saturated heterocycles. The van der Waals surface area contributed by atoms with Gasteiger partial charge in [0.25, 0.3) is 0 Å². The van der Waals surface area contributed by atoms with Crippen LogP contribution in [0.15, 0.2) is 78.9 Å². The smallest absolute Gasteiger partial charge is 0.247 e. The number of carbonyl (C=O) groups excluding carboxylic acids is 1. The van der Waals surface area contributed by atoms with E-state index in [2.05, 4.69) is 10.0 Å². The lowest BCUT2D eigenvalue weighted by Crippen LogP contribution is -2.40. The van der Waals surface area contributed by atoms with E-state index >= 15 is 0 Å². The van der Waals surface area contributed by atoms with Crippen molar-refractivity contribution >= 4 is 21.6 Å². The highest BCUT2D eigenvalue weighted by Gasteiger charge is 2.30. The van der Waals surface area contributed by atoms with Crippen LogP contribution in [0.3, 0.4) is 0 Å². The molecule has 1 aliphatic carbocycles. The van der Waals surface area contributed by atoms with E-state index in [-0.39, 0.29) is 11.7 Å². The summed E-state index contributed by atoms with van der Waals surface area (Å²) in [4.78, 5) is 13.3. The van der Waals surface area contributed by atoms with Crippen molar-refractivity contribution in [2.45, 2.75) is 38.5 Å². The number of hydrogen-bond acceptors (Lipinski definition) is 5. The molecule has 0 unspecified atom stereocenters. The molecule has 3 aromatic rings. The molecule has 184 valence electrons. The molecule has 8 heteroatoms. The number of nitrogens with one attached hydrogen (secondary N) is 2. The first-order chi connectivity index (χ1) is 16.9. The van der Waals surface area contributed by atoms with Gasteiger partial charge < -0.3 is 15.8 Å². The van der Waals surface area contributed by atoms with E-state index in [1.807, 2.05) is 36.4 Å². The van der Waals surface area contributed by atoms with Crippen molar-refractivity contribution in [2.75, 3.05) is 11.1 Å². The summed E-state index contributed by atoms with van der Waals surface area (Å²) < 4.78 is 34.2. The van der Waals surface area contributed by atoms with E-state index in [9.17, 15) is 13.2 Å². The van der Waals surface area contributed by atoms with Crippen LogP contribution in [-0.2, 0) is 28.0 Å². The van der Waals surface area contributed by atoms with Crippen molar-refractivity contribution in [2.24, 2.45) is 11.7 Å². The molecule has 1 atom stereocenters. The maximum Gasteiger partial charge on any atom is 0.247 e. The molecule has 1 saturated carbocycles. The van der Waals surface area contributed by atoms with Crippen molar-refractivity contribution < 1.29 is 17.9 Å². The Labute approximate surface area is 206 Å². The zero-order valence-corrected chi connectivity index (χ0v) is 20.3. The fraction of sp³-hybridized carbons (Fsp3) is 0.296. The van der Waals surface area contributed by atoms with Crippen molar-refractivity contribution in [1.29, 1.82) is 0 Å². The lowest BCUT2D eigenvalue weighted by molar-refractivity contribution is -0.117. The van der Waals surface area contributed by atoms with Gasteiger partial charge in [-0.1, -0.05) is 61.0 Å². The van der Waals surface area contributed by atoms with Crippen LogP contribution in [0, 0.1) is 5.92 Å². The highest BCUT2D eigenvalue weighted by molar-refractivity contribution is 7.89. The van der Waals surface area contributed by atoms with Crippen LogP contribution in [0.1, 0.15) is 42.0 Å². The number of hydrogen-bond donors (Lipinski definition) is 3. The minimum Gasteiger partial charge on any atom is -0.489 e. The summed E-state index contributed by atoms with van der Waals surface area (Å²) in [5, 5.41) is 2.83. The molecule has 1 aliphatic rings. The van der Waals surface area contributed by atoms with Crippen LogP contribution < -0.4 is 20.5 Å². The monoisotopic (exact) mass is 493 g/mol. The number of nitrogens with two attached hydrogens (primary N) is 1. The number of rotatable bonds is 11. The number of ether oxygens (including phenoxy) is 1. The zero-order chi connectivity index (χ0) is 24.7. The van der Waals surface area contributed by atoms with Gasteiger partial charge in [-0.25, -0.2) is 8.42 Å². The topological polar surface area (TPSA) is 111 Å².